The number of nitrogens with one attached hydrogen (secondary N) is 1. The fourth-order valence-electron chi connectivity index (χ4n) is 2.36. The van der Waals surface area contributed by atoms with Gasteiger partial charge in [0, 0.05) is 0 Å². The Morgan fingerprint density at radius 1 is 1.47 bits per heavy atom. The maximum atomic E-state index is 11.8. The van der Waals surface area contributed by atoms with Crippen LogP contribution in [0.1, 0.15) is 49.9 Å². The van der Waals surface area contributed by atoms with Gasteiger partial charge in [-0.3, -0.25) is 0 Å². The molecule has 0 saturated carbocycles. The number of ether oxygens (including phenoxy) is 1. The first-order valence-corrected chi connectivity index (χ1v) is 6.42. The van der Waals surface area contributed by atoms with E-state index < -0.39 is 11.7 Å². The smallest absolute Gasteiger partial charge is 0.408 e. The van der Waals surface area contributed by atoms with E-state index in [4.69, 9.17) is 10.00 Å². The predicted octanol–water partition coefficient (Wildman–Crippen LogP) is 3.07. The zero-order valence-electron chi connectivity index (χ0n) is 11.5. The van der Waals surface area contributed by atoms with Crippen molar-refractivity contribution in [3.8, 4) is 6.07 Å². The van der Waals surface area contributed by atoms with Crippen LogP contribution in [0.15, 0.2) is 18.2 Å². The Bertz CT molecular complexity index is 538. The molecule has 100 valence electrons. The minimum atomic E-state index is -0.500. The van der Waals surface area contributed by atoms with E-state index in [-0.39, 0.29) is 6.04 Å². The van der Waals surface area contributed by atoms with Crippen LogP contribution in [-0.4, -0.2) is 11.7 Å². The molecule has 0 heterocycles. The van der Waals surface area contributed by atoms with Crippen molar-refractivity contribution >= 4 is 6.09 Å². The molecule has 1 aliphatic carbocycles. The first-order valence-electron chi connectivity index (χ1n) is 6.42. The predicted molar refractivity (Wildman–Crippen MR) is 71.6 cm³/mol. The van der Waals surface area contributed by atoms with Gasteiger partial charge >= 0.3 is 6.09 Å². The second kappa shape index (κ2) is 4.93. The Kier molecular flexibility index (Phi) is 3.48. The number of alkyl carbamates (subject to hydrolysis) is 1. The molecule has 0 radical (unpaired) electrons. The van der Waals surface area contributed by atoms with Crippen LogP contribution in [-0.2, 0) is 11.2 Å². The number of carbonyl (C=O) groups excluding carboxylic acids is 1. The number of rotatable bonds is 1. The minimum absolute atomic E-state index is 0.0573. The molecular formula is C15H18N2O2. The number of fused-ring (bicyclic) bond motifs is 1. The summed E-state index contributed by atoms with van der Waals surface area (Å²) in [6.07, 6.45) is 1.22. The summed E-state index contributed by atoms with van der Waals surface area (Å²) in [7, 11) is 0. The van der Waals surface area contributed by atoms with Crippen LogP contribution < -0.4 is 5.32 Å². The number of nitrogens with zero attached hydrogens (tertiary/aromatic N) is 1. The van der Waals surface area contributed by atoms with Gasteiger partial charge in [0.2, 0.25) is 0 Å². The normalized spacial score (nSPS) is 17.5. The molecule has 1 aromatic rings. The molecule has 0 spiro atoms. The highest BCUT2D eigenvalue weighted by atomic mass is 16.6. The molecule has 0 aromatic heterocycles. The van der Waals surface area contributed by atoms with E-state index in [1.807, 2.05) is 39.0 Å². The van der Waals surface area contributed by atoms with Crippen molar-refractivity contribution in [2.45, 2.75) is 45.3 Å². The molecule has 0 fully saturated rings. The average molecular weight is 258 g/mol. The molecule has 0 aliphatic heterocycles. The quantitative estimate of drug-likeness (QED) is 0.842. The molecule has 1 N–H and O–H groups in total. The fraction of sp³-hybridized carbons (Fsp3) is 0.467. The fourth-order valence-corrected chi connectivity index (χ4v) is 2.36. The minimum Gasteiger partial charge on any atom is -0.444 e. The van der Waals surface area contributed by atoms with Crippen LogP contribution in [0, 0.1) is 11.3 Å². The van der Waals surface area contributed by atoms with Crippen molar-refractivity contribution in [3.63, 3.8) is 0 Å². The van der Waals surface area contributed by atoms with Crippen LogP contribution in [0.4, 0.5) is 4.79 Å². The van der Waals surface area contributed by atoms with Crippen molar-refractivity contribution in [2.75, 3.05) is 0 Å². The van der Waals surface area contributed by atoms with Crippen LogP contribution in [0.2, 0.25) is 0 Å². The van der Waals surface area contributed by atoms with E-state index in [9.17, 15) is 4.79 Å². The van der Waals surface area contributed by atoms with E-state index >= 15 is 0 Å². The maximum absolute atomic E-state index is 11.8. The zero-order chi connectivity index (χ0) is 14.0. The average Bonchev–Trinajstić information content (AvgIpc) is 2.70. The second-order valence-electron chi connectivity index (χ2n) is 5.72. The van der Waals surface area contributed by atoms with Crippen molar-refractivity contribution in [3.05, 3.63) is 34.9 Å². The van der Waals surface area contributed by atoms with Gasteiger partial charge in [-0.15, -0.1) is 0 Å². The van der Waals surface area contributed by atoms with Gasteiger partial charge in [-0.1, -0.05) is 12.1 Å². The molecular weight excluding hydrogens is 240 g/mol. The molecule has 0 saturated heterocycles. The third kappa shape index (κ3) is 3.05. The van der Waals surface area contributed by atoms with Crippen molar-refractivity contribution in [1.29, 1.82) is 5.26 Å². The molecule has 4 heteroatoms. The van der Waals surface area contributed by atoms with Gasteiger partial charge in [0.1, 0.15) is 5.60 Å². The summed E-state index contributed by atoms with van der Waals surface area (Å²) in [6, 6.07) is 7.77. The van der Waals surface area contributed by atoms with Gasteiger partial charge < -0.3 is 10.1 Å². The van der Waals surface area contributed by atoms with Gasteiger partial charge in [-0.25, -0.2) is 4.79 Å². The summed E-state index contributed by atoms with van der Waals surface area (Å²) in [5.41, 5.74) is 2.28. The number of hydrogen-bond donors (Lipinski definition) is 1. The Hall–Kier alpha value is -2.02. The molecule has 4 nitrogen and oxygen atoms in total. The highest BCUT2D eigenvalue weighted by Crippen LogP contribution is 2.33. The Labute approximate surface area is 113 Å². The van der Waals surface area contributed by atoms with E-state index in [1.165, 1.54) is 0 Å². The van der Waals surface area contributed by atoms with E-state index in [0.717, 1.165) is 24.0 Å². The van der Waals surface area contributed by atoms with Gasteiger partial charge in [-0.05, 0) is 50.8 Å². The number of nitriles is 1. The van der Waals surface area contributed by atoms with E-state index in [1.54, 1.807) is 0 Å². The van der Waals surface area contributed by atoms with Crippen LogP contribution >= 0.6 is 0 Å². The summed E-state index contributed by atoms with van der Waals surface area (Å²) in [6.45, 7) is 5.51. The summed E-state index contributed by atoms with van der Waals surface area (Å²) in [4.78, 5) is 11.8. The van der Waals surface area contributed by atoms with Crippen LogP contribution in [0.5, 0.6) is 0 Å². The third-order valence-electron chi connectivity index (χ3n) is 3.08. The number of benzene rings is 1. The standard InChI is InChI=1S/C15H18N2O2/c1-15(2,3)19-14(18)17-13-8-7-11-10(9-16)5-4-6-12(11)13/h4-6,13H,7-8H2,1-3H3,(H,17,18)/t13-/m1/s1. The molecule has 1 aromatic carbocycles. The lowest BCUT2D eigenvalue weighted by atomic mass is 10.0. The zero-order valence-corrected chi connectivity index (χ0v) is 11.5. The Morgan fingerprint density at radius 3 is 2.84 bits per heavy atom. The summed E-state index contributed by atoms with van der Waals surface area (Å²) in [5, 5.41) is 11.9. The molecule has 19 heavy (non-hydrogen) atoms. The van der Waals surface area contributed by atoms with Crippen LogP contribution in [0.3, 0.4) is 0 Å². The highest BCUT2D eigenvalue weighted by Gasteiger charge is 2.27. The number of carbonyl (C=O) groups is 1. The highest BCUT2D eigenvalue weighted by molar-refractivity contribution is 5.69. The van der Waals surface area contributed by atoms with Gasteiger partial charge in [0.25, 0.3) is 0 Å². The largest absolute Gasteiger partial charge is 0.444 e. The first kappa shape index (κ1) is 13.4. The van der Waals surface area contributed by atoms with Gasteiger partial charge in [0.05, 0.1) is 17.7 Å². The molecule has 2 rings (SSSR count). The van der Waals surface area contributed by atoms with Crippen molar-refractivity contribution in [2.24, 2.45) is 0 Å². The number of hydrogen-bond acceptors (Lipinski definition) is 3. The van der Waals surface area contributed by atoms with Gasteiger partial charge in [0.15, 0.2) is 0 Å². The summed E-state index contributed by atoms with van der Waals surface area (Å²) < 4.78 is 5.26. The lowest BCUT2D eigenvalue weighted by molar-refractivity contribution is 0.0503. The van der Waals surface area contributed by atoms with Crippen molar-refractivity contribution in [1.82, 2.24) is 5.32 Å². The topological polar surface area (TPSA) is 62.1 Å². The second-order valence-corrected chi connectivity index (χ2v) is 5.72. The third-order valence-corrected chi connectivity index (χ3v) is 3.08. The Balaban J connectivity index is 2.12. The van der Waals surface area contributed by atoms with Gasteiger partial charge in [-0.2, -0.15) is 5.26 Å². The maximum Gasteiger partial charge on any atom is 0.408 e. The molecule has 1 amide bonds. The van der Waals surface area contributed by atoms with E-state index in [2.05, 4.69) is 11.4 Å². The molecule has 0 bridgehead atoms. The molecule has 1 atom stereocenters. The van der Waals surface area contributed by atoms with Crippen molar-refractivity contribution < 1.29 is 9.53 Å². The number of amides is 1. The van der Waals surface area contributed by atoms with Crippen LogP contribution in [0.25, 0.3) is 0 Å². The van der Waals surface area contributed by atoms with E-state index in [0.29, 0.717) is 5.56 Å². The first-order chi connectivity index (χ1) is 8.90. The summed E-state index contributed by atoms with van der Waals surface area (Å²) in [5.74, 6) is 0. The SMILES string of the molecule is CC(C)(C)OC(=O)N[C@@H]1CCc2c(C#N)cccc21. The lowest BCUT2D eigenvalue weighted by Gasteiger charge is -2.22. The Morgan fingerprint density at radius 2 is 2.21 bits per heavy atom. The summed E-state index contributed by atoms with van der Waals surface area (Å²) >= 11 is 0. The molecule has 0 unspecified atom stereocenters. The monoisotopic (exact) mass is 258 g/mol. The molecule has 1 aliphatic rings. The lowest BCUT2D eigenvalue weighted by Crippen LogP contribution is -2.34.